The van der Waals surface area contributed by atoms with E-state index < -0.39 is 12.8 Å². The molecule has 1 heterocycles. The summed E-state index contributed by atoms with van der Waals surface area (Å²) >= 11 is 5.78. The van der Waals surface area contributed by atoms with Crippen molar-refractivity contribution in [2.75, 3.05) is 32.3 Å². The van der Waals surface area contributed by atoms with E-state index in [1.807, 2.05) is 0 Å². The monoisotopic (exact) mass is 246 g/mol. The molecular weight excluding hydrogens is 233 g/mol. The summed E-state index contributed by atoms with van der Waals surface area (Å²) in [6.07, 6.45) is -2.93. The zero-order valence-electron chi connectivity index (χ0n) is 8.28. The molecule has 0 aliphatic carbocycles. The Bertz CT molecular complexity index is 190. The van der Waals surface area contributed by atoms with Gasteiger partial charge in [-0.25, -0.2) is 0 Å². The highest BCUT2D eigenvalue weighted by molar-refractivity contribution is 6.18. The SMILES string of the molecule is FC(F)(F)COCCC1(CCl)CCOC1. The number of alkyl halides is 4. The minimum absolute atomic E-state index is 0.0790. The number of ether oxygens (including phenoxy) is 2. The van der Waals surface area contributed by atoms with Gasteiger partial charge in [0.1, 0.15) is 6.61 Å². The summed E-state index contributed by atoms with van der Waals surface area (Å²) < 4.78 is 45.0. The van der Waals surface area contributed by atoms with Gasteiger partial charge < -0.3 is 9.47 Å². The van der Waals surface area contributed by atoms with Crippen LogP contribution < -0.4 is 0 Å². The predicted molar refractivity (Wildman–Crippen MR) is 50.1 cm³/mol. The first-order chi connectivity index (χ1) is 6.97. The average Bonchev–Trinajstić information content (AvgIpc) is 2.60. The fourth-order valence-corrected chi connectivity index (χ4v) is 1.84. The Morgan fingerprint density at radius 2 is 2.13 bits per heavy atom. The molecule has 15 heavy (non-hydrogen) atoms. The molecule has 0 aromatic heterocycles. The number of hydrogen-bond acceptors (Lipinski definition) is 2. The van der Waals surface area contributed by atoms with Crippen molar-refractivity contribution in [1.82, 2.24) is 0 Å². The van der Waals surface area contributed by atoms with E-state index in [0.29, 0.717) is 25.5 Å². The molecule has 90 valence electrons. The van der Waals surface area contributed by atoms with Crippen LogP contribution in [0.5, 0.6) is 0 Å². The third kappa shape index (κ3) is 4.57. The molecule has 0 N–H and O–H groups in total. The summed E-state index contributed by atoms with van der Waals surface area (Å²) in [4.78, 5) is 0. The van der Waals surface area contributed by atoms with Crippen molar-refractivity contribution in [2.45, 2.75) is 19.0 Å². The molecular formula is C9H14ClF3O2. The molecule has 1 aliphatic heterocycles. The quantitative estimate of drug-likeness (QED) is 0.548. The normalized spacial score (nSPS) is 27.2. The van der Waals surface area contributed by atoms with Crippen molar-refractivity contribution in [1.29, 1.82) is 0 Å². The second-order valence-electron chi connectivity index (χ2n) is 3.85. The minimum Gasteiger partial charge on any atom is -0.381 e. The van der Waals surface area contributed by atoms with Crippen LogP contribution in [-0.2, 0) is 9.47 Å². The largest absolute Gasteiger partial charge is 0.411 e. The van der Waals surface area contributed by atoms with Gasteiger partial charge in [-0.1, -0.05) is 0 Å². The Labute approximate surface area is 91.7 Å². The zero-order chi connectivity index (χ0) is 11.4. The van der Waals surface area contributed by atoms with E-state index in [1.165, 1.54) is 0 Å². The van der Waals surface area contributed by atoms with Crippen molar-refractivity contribution in [3.8, 4) is 0 Å². The van der Waals surface area contributed by atoms with E-state index >= 15 is 0 Å². The average molecular weight is 247 g/mol. The molecule has 0 aromatic carbocycles. The van der Waals surface area contributed by atoms with Gasteiger partial charge in [0.05, 0.1) is 6.61 Å². The highest BCUT2D eigenvalue weighted by Crippen LogP contribution is 2.33. The molecule has 0 bridgehead atoms. The molecule has 2 nitrogen and oxygen atoms in total. The van der Waals surface area contributed by atoms with E-state index in [1.54, 1.807) is 0 Å². The summed E-state index contributed by atoms with van der Waals surface area (Å²) in [5.41, 5.74) is -0.187. The Morgan fingerprint density at radius 1 is 1.40 bits per heavy atom. The van der Waals surface area contributed by atoms with Crippen molar-refractivity contribution >= 4 is 11.6 Å². The number of rotatable bonds is 5. The van der Waals surface area contributed by atoms with E-state index in [-0.39, 0.29) is 12.0 Å². The van der Waals surface area contributed by atoms with Crippen molar-refractivity contribution in [3.63, 3.8) is 0 Å². The third-order valence-electron chi connectivity index (χ3n) is 2.51. The predicted octanol–water partition coefficient (Wildman–Crippen LogP) is 2.60. The van der Waals surface area contributed by atoms with Gasteiger partial charge in [0.2, 0.25) is 0 Å². The number of halogens is 4. The zero-order valence-corrected chi connectivity index (χ0v) is 9.03. The maximum atomic E-state index is 11.8. The number of hydrogen-bond donors (Lipinski definition) is 0. The molecule has 0 radical (unpaired) electrons. The first-order valence-electron chi connectivity index (χ1n) is 4.76. The van der Waals surface area contributed by atoms with Crippen molar-refractivity contribution in [2.24, 2.45) is 5.41 Å². The maximum Gasteiger partial charge on any atom is 0.411 e. The summed E-state index contributed by atoms with van der Waals surface area (Å²) in [5.74, 6) is 0.405. The minimum atomic E-state index is -4.25. The molecule has 1 rings (SSSR count). The van der Waals surface area contributed by atoms with Gasteiger partial charge >= 0.3 is 6.18 Å². The Hall–Kier alpha value is -0.0000000000000000208. The Kier molecular flexibility index (Phi) is 4.67. The highest BCUT2D eigenvalue weighted by Gasteiger charge is 2.34. The second kappa shape index (κ2) is 5.37. The highest BCUT2D eigenvalue weighted by atomic mass is 35.5. The lowest BCUT2D eigenvalue weighted by Crippen LogP contribution is -2.26. The van der Waals surface area contributed by atoms with Gasteiger partial charge in [-0.05, 0) is 12.8 Å². The van der Waals surface area contributed by atoms with E-state index in [0.717, 1.165) is 6.42 Å². The fraction of sp³-hybridized carbons (Fsp3) is 1.00. The van der Waals surface area contributed by atoms with E-state index in [2.05, 4.69) is 4.74 Å². The fourth-order valence-electron chi connectivity index (χ4n) is 1.50. The molecule has 1 atom stereocenters. The topological polar surface area (TPSA) is 18.5 Å². The van der Waals surface area contributed by atoms with Crippen molar-refractivity contribution < 1.29 is 22.6 Å². The molecule has 6 heteroatoms. The first-order valence-corrected chi connectivity index (χ1v) is 5.29. The molecule has 0 aromatic rings. The maximum absolute atomic E-state index is 11.8. The summed E-state index contributed by atoms with van der Waals surface area (Å²) in [6.45, 7) is 0.0414. The van der Waals surface area contributed by atoms with E-state index in [4.69, 9.17) is 16.3 Å². The lowest BCUT2D eigenvalue weighted by atomic mass is 9.86. The van der Waals surface area contributed by atoms with Crippen LogP contribution in [0.15, 0.2) is 0 Å². The molecule has 0 spiro atoms. The Balaban J connectivity index is 2.18. The smallest absolute Gasteiger partial charge is 0.381 e. The molecule has 1 unspecified atom stereocenters. The second-order valence-corrected chi connectivity index (χ2v) is 4.12. The van der Waals surface area contributed by atoms with Gasteiger partial charge in [-0.2, -0.15) is 13.2 Å². The van der Waals surface area contributed by atoms with Crippen LogP contribution in [0.4, 0.5) is 13.2 Å². The molecule has 1 fully saturated rings. The molecule has 1 saturated heterocycles. The van der Waals surface area contributed by atoms with Crippen LogP contribution in [0.3, 0.4) is 0 Å². The Morgan fingerprint density at radius 3 is 2.60 bits per heavy atom. The molecule has 0 amide bonds. The van der Waals surface area contributed by atoms with Gasteiger partial charge in [-0.15, -0.1) is 11.6 Å². The lowest BCUT2D eigenvalue weighted by molar-refractivity contribution is -0.175. The van der Waals surface area contributed by atoms with Crippen LogP contribution >= 0.6 is 11.6 Å². The lowest BCUT2D eigenvalue weighted by Gasteiger charge is -2.24. The van der Waals surface area contributed by atoms with Gasteiger partial charge in [0.15, 0.2) is 0 Å². The third-order valence-corrected chi connectivity index (χ3v) is 3.08. The van der Waals surface area contributed by atoms with Crippen LogP contribution in [0, 0.1) is 5.41 Å². The van der Waals surface area contributed by atoms with E-state index in [9.17, 15) is 13.2 Å². The van der Waals surface area contributed by atoms with Gasteiger partial charge in [-0.3, -0.25) is 0 Å². The molecule has 1 aliphatic rings. The van der Waals surface area contributed by atoms with Crippen LogP contribution in [0.2, 0.25) is 0 Å². The standard InChI is InChI=1S/C9H14ClF3O2/c10-5-8(1-3-14-6-8)2-4-15-7-9(11,12)13/h1-7H2. The van der Waals surface area contributed by atoms with Gasteiger partial charge in [0.25, 0.3) is 0 Å². The van der Waals surface area contributed by atoms with Crippen LogP contribution in [-0.4, -0.2) is 38.5 Å². The van der Waals surface area contributed by atoms with Crippen LogP contribution in [0.1, 0.15) is 12.8 Å². The summed E-state index contributed by atoms with van der Waals surface area (Å²) in [7, 11) is 0. The first kappa shape index (κ1) is 13.1. The van der Waals surface area contributed by atoms with Crippen LogP contribution in [0.25, 0.3) is 0 Å². The summed E-state index contributed by atoms with van der Waals surface area (Å²) in [5, 5.41) is 0. The molecule has 0 saturated carbocycles. The summed E-state index contributed by atoms with van der Waals surface area (Å²) in [6, 6.07) is 0. The van der Waals surface area contributed by atoms with Gasteiger partial charge in [0, 0.05) is 24.5 Å². The van der Waals surface area contributed by atoms with Crippen molar-refractivity contribution in [3.05, 3.63) is 0 Å².